The van der Waals surface area contributed by atoms with Crippen molar-refractivity contribution in [2.45, 2.75) is 74.5 Å². The predicted octanol–water partition coefficient (Wildman–Crippen LogP) is 1.89. The van der Waals surface area contributed by atoms with Gasteiger partial charge in [0.05, 0.1) is 19.0 Å². The Labute approximate surface area is 194 Å². The number of likely N-dealkylation sites (tertiary alicyclic amines) is 1. The fraction of sp³-hybridized carbons (Fsp3) is 0.857. The van der Waals surface area contributed by atoms with Crippen LogP contribution in [0.25, 0.3) is 0 Å². The summed E-state index contributed by atoms with van der Waals surface area (Å²) in [5.74, 6) is -2.35. The zero-order chi connectivity index (χ0) is 24.1. The summed E-state index contributed by atoms with van der Waals surface area (Å²) in [6.45, 7) is 1.71. The molecule has 12 heteroatoms. The number of carbonyl (C=O) groups excluding carboxylic acids is 3. The maximum Gasteiger partial charge on any atom is 0.391 e. The maximum absolute atomic E-state index is 14.8. The van der Waals surface area contributed by atoms with E-state index in [1.807, 2.05) is 0 Å². The highest BCUT2D eigenvalue weighted by molar-refractivity contribution is 6.20. The minimum atomic E-state index is -4.23. The van der Waals surface area contributed by atoms with Gasteiger partial charge in [0.25, 0.3) is 5.91 Å². The molecule has 3 saturated heterocycles. The van der Waals surface area contributed by atoms with Crippen LogP contribution in [0, 0.1) is 11.8 Å². The average molecular weight is 497 g/mol. The number of nitrogens with one attached hydrogen (secondary N) is 1. The lowest BCUT2D eigenvalue weighted by atomic mass is 9.75. The molecule has 0 bridgehead atoms. The van der Waals surface area contributed by atoms with Gasteiger partial charge in [-0.05, 0) is 44.9 Å². The summed E-state index contributed by atoms with van der Waals surface area (Å²) >= 11 is 6.01. The molecule has 1 saturated carbocycles. The van der Waals surface area contributed by atoms with Gasteiger partial charge in [0.15, 0.2) is 5.54 Å². The van der Waals surface area contributed by atoms with E-state index in [1.165, 1.54) is 14.7 Å². The molecular weight excluding hydrogens is 468 g/mol. The highest BCUT2D eigenvalue weighted by Gasteiger charge is 2.62. The summed E-state index contributed by atoms with van der Waals surface area (Å²) in [5, 5.41) is 2.50. The molecule has 1 aliphatic carbocycles. The van der Waals surface area contributed by atoms with Crippen LogP contribution in [0.3, 0.4) is 0 Å². The molecule has 4 fully saturated rings. The number of hydrogen-bond acceptors (Lipinski definition) is 4. The van der Waals surface area contributed by atoms with Gasteiger partial charge in [-0.1, -0.05) is 0 Å². The third kappa shape index (κ3) is 4.31. The van der Waals surface area contributed by atoms with Crippen molar-refractivity contribution in [3.05, 3.63) is 0 Å². The van der Waals surface area contributed by atoms with E-state index in [9.17, 15) is 31.9 Å². The van der Waals surface area contributed by atoms with E-state index in [0.717, 1.165) is 0 Å². The number of amides is 3. The summed E-state index contributed by atoms with van der Waals surface area (Å²) in [5.41, 5.74) is -1.32. The number of rotatable bonds is 4. The highest BCUT2D eigenvalue weighted by atomic mass is 35.5. The Morgan fingerprint density at radius 2 is 1.82 bits per heavy atom. The molecule has 3 amide bonds. The molecule has 3 heterocycles. The normalized spacial score (nSPS) is 36.1. The third-order valence-corrected chi connectivity index (χ3v) is 8.14. The molecule has 3 aliphatic heterocycles. The minimum absolute atomic E-state index is 0.0107. The molecule has 4 atom stereocenters. The summed E-state index contributed by atoms with van der Waals surface area (Å²) in [4.78, 5) is 42.3. The third-order valence-electron chi connectivity index (χ3n) is 7.80. The van der Waals surface area contributed by atoms with E-state index in [2.05, 4.69) is 5.32 Å². The van der Waals surface area contributed by atoms with Gasteiger partial charge >= 0.3 is 6.18 Å². The standard InChI is InChI=1S/C21H29ClF4N4O3/c1-12(13-2-4-14(5-3-13)21(24,25)26)30-17(32)8-29(18-16(23)6-15(22)7-27-18)19(33)20(30)9-28(10-20)11-31/h11-16,18,27H,2-10H2,1H3/t12-,13?,14?,15?,16?,18?/m0/s1. The van der Waals surface area contributed by atoms with E-state index in [-0.39, 0.29) is 50.7 Å². The highest BCUT2D eigenvalue weighted by Crippen LogP contribution is 2.44. The minimum Gasteiger partial charge on any atom is -0.339 e. The number of piperazine rings is 1. The zero-order valence-corrected chi connectivity index (χ0v) is 19.1. The summed E-state index contributed by atoms with van der Waals surface area (Å²) < 4.78 is 54.0. The van der Waals surface area contributed by atoms with Crippen LogP contribution < -0.4 is 5.32 Å². The van der Waals surface area contributed by atoms with Gasteiger partial charge in [0.2, 0.25) is 12.3 Å². The van der Waals surface area contributed by atoms with Crippen molar-refractivity contribution < 1.29 is 31.9 Å². The molecule has 186 valence electrons. The van der Waals surface area contributed by atoms with Crippen LogP contribution in [0.4, 0.5) is 17.6 Å². The van der Waals surface area contributed by atoms with Crippen LogP contribution in [-0.4, -0.2) is 94.6 Å². The molecule has 7 nitrogen and oxygen atoms in total. The van der Waals surface area contributed by atoms with Gasteiger partial charge in [0, 0.05) is 18.0 Å². The van der Waals surface area contributed by atoms with Gasteiger partial charge in [0.1, 0.15) is 18.9 Å². The van der Waals surface area contributed by atoms with Gasteiger partial charge in [-0.2, -0.15) is 13.2 Å². The monoisotopic (exact) mass is 496 g/mol. The first-order valence-electron chi connectivity index (χ1n) is 11.4. The van der Waals surface area contributed by atoms with Crippen LogP contribution in [0.15, 0.2) is 0 Å². The number of alkyl halides is 5. The van der Waals surface area contributed by atoms with Crippen LogP contribution in [0.1, 0.15) is 39.0 Å². The van der Waals surface area contributed by atoms with Gasteiger partial charge in [-0.3, -0.25) is 19.7 Å². The van der Waals surface area contributed by atoms with Gasteiger partial charge < -0.3 is 14.7 Å². The first kappa shape index (κ1) is 24.5. The van der Waals surface area contributed by atoms with Gasteiger partial charge in [-0.25, -0.2) is 4.39 Å². The van der Waals surface area contributed by atoms with Crippen molar-refractivity contribution in [1.29, 1.82) is 0 Å². The van der Waals surface area contributed by atoms with Gasteiger partial charge in [-0.15, -0.1) is 11.6 Å². The Kier molecular flexibility index (Phi) is 6.58. The van der Waals surface area contributed by atoms with Crippen molar-refractivity contribution in [2.75, 3.05) is 26.2 Å². The number of nitrogens with zero attached hydrogens (tertiary/aromatic N) is 3. The summed E-state index contributed by atoms with van der Waals surface area (Å²) in [6.07, 6.45) is -5.45. The molecule has 4 rings (SSSR count). The molecule has 1 spiro atoms. The molecular formula is C21H29ClF4N4O3. The summed E-state index contributed by atoms with van der Waals surface area (Å²) in [6, 6.07) is -0.473. The summed E-state index contributed by atoms with van der Waals surface area (Å²) in [7, 11) is 0. The van der Waals surface area contributed by atoms with E-state index in [1.54, 1.807) is 6.92 Å². The Morgan fingerprint density at radius 1 is 1.18 bits per heavy atom. The smallest absolute Gasteiger partial charge is 0.339 e. The quantitative estimate of drug-likeness (QED) is 0.366. The Morgan fingerprint density at radius 3 is 2.36 bits per heavy atom. The lowest BCUT2D eigenvalue weighted by molar-refractivity contribution is -0.194. The molecule has 0 aromatic heterocycles. The molecule has 0 aromatic carbocycles. The number of halogens is 5. The Bertz CT molecular complexity index is 786. The van der Waals surface area contributed by atoms with Crippen LogP contribution in [-0.2, 0) is 14.4 Å². The zero-order valence-electron chi connectivity index (χ0n) is 18.4. The van der Waals surface area contributed by atoms with Crippen molar-refractivity contribution in [1.82, 2.24) is 20.0 Å². The van der Waals surface area contributed by atoms with Crippen molar-refractivity contribution >= 4 is 29.8 Å². The lowest BCUT2D eigenvalue weighted by Crippen LogP contribution is -2.83. The molecule has 4 aliphatic rings. The largest absolute Gasteiger partial charge is 0.391 e. The SMILES string of the molecule is C[C@@H](C1CCC(C(F)(F)F)CC1)N1C(=O)CN(C2NCC(Cl)CC2F)C(=O)C12CN(C=O)C2. The van der Waals surface area contributed by atoms with E-state index in [4.69, 9.17) is 11.6 Å². The molecule has 3 unspecified atom stereocenters. The molecule has 1 N–H and O–H groups in total. The maximum atomic E-state index is 14.8. The fourth-order valence-electron chi connectivity index (χ4n) is 6.01. The van der Waals surface area contributed by atoms with Crippen LogP contribution >= 0.6 is 11.6 Å². The second-order valence-corrected chi connectivity index (χ2v) is 10.5. The number of hydrogen-bond donors (Lipinski definition) is 1. The Balaban J connectivity index is 1.54. The van der Waals surface area contributed by atoms with Crippen LogP contribution in [0.5, 0.6) is 0 Å². The van der Waals surface area contributed by atoms with E-state index in [0.29, 0.717) is 25.8 Å². The van der Waals surface area contributed by atoms with Crippen molar-refractivity contribution in [2.24, 2.45) is 11.8 Å². The lowest BCUT2D eigenvalue weighted by Gasteiger charge is -2.60. The first-order chi connectivity index (χ1) is 15.5. The predicted molar refractivity (Wildman–Crippen MR) is 111 cm³/mol. The second-order valence-electron chi connectivity index (χ2n) is 9.83. The Hall–Kier alpha value is -1.62. The molecule has 0 aromatic rings. The van der Waals surface area contributed by atoms with Crippen molar-refractivity contribution in [3.63, 3.8) is 0 Å². The fourth-order valence-corrected chi connectivity index (χ4v) is 6.27. The van der Waals surface area contributed by atoms with E-state index < -0.39 is 47.3 Å². The molecule has 0 radical (unpaired) electrons. The van der Waals surface area contributed by atoms with Crippen molar-refractivity contribution in [3.8, 4) is 0 Å². The van der Waals surface area contributed by atoms with Crippen LogP contribution in [0.2, 0.25) is 0 Å². The number of carbonyl (C=O) groups is 3. The topological polar surface area (TPSA) is 73.0 Å². The first-order valence-corrected chi connectivity index (χ1v) is 11.8. The molecule has 33 heavy (non-hydrogen) atoms. The number of piperidine rings is 1. The van der Waals surface area contributed by atoms with E-state index >= 15 is 0 Å². The second kappa shape index (κ2) is 8.87. The average Bonchev–Trinajstić information content (AvgIpc) is 2.72.